The fourth-order valence-corrected chi connectivity index (χ4v) is 3.47. The summed E-state index contributed by atoms with van der Waals surface area (Å²) in [5.74, 6) is 0. The summed E-state index contributed by atoms with van der Waals surface area (Å²) >= 11 is 0. The number of aldehydes is 1. The molecule has 0 radical (unpaired) electrons. The van der Waals surface area contributed by atoms with E-state index in [1.165, 1.54) is 89.9 Å². The zero-order chi connectivity index (χ0) is 46.5. The first kappa shape index (κ1) is 92.3. The van der Waals surface area contributed by atoms with E-state index >= 15 is 0 Å². The molecule has 0 aliphatic rings. The van der Waals surface area contributed by atoms with Crippen LogP contribution in [0.15, 0.2) is 0 Å². The summed E-state index contributed by atoms with van der Waals surface area (Å²) in [7, 11) is 0. The normalized spacial score (nSPS) is 6.87. The Morgan fingerprint density at radius 3 is 0.889 bits per heavy atom. The molecule has 0 spiro atoms. The molecule has 1 N–H and O–H groups in total. The van der Waals surface area contributed by atoms with Gasteiger partial charge in [0.05, 0.1) is 26.2 Å². The largest absolute Gasteiger partial charge is 0.379 e. The van der Waals surface area contributed by atoms with Crippen LogP contribution in [0.5, 0.6) is 0 Å². The summed E-state index contributed by atoms with van der Waals surface area (Å²) < 4.78 is 11.3. The molecule has 0 saturated heterocycles. The van der Waals surface area contributed by atoms with Gasteiger partial charge in [-0.1, -0.05) is 78.1 Å². The molecule has 0 heterocycles. The zero-order valence-electron chi connectivity index (χ0n) is 33.6. The molecule has 0 aliphatic heterocycles. The molecule has 17 nitrogen and oxygen atoms in total. The fraction of sp³-hybridized carbons (Fsp3) is 0.622. The van der Waals surface area contributed by atoms with Crippen molar-refractivity contribution < 1.29 is 76.6 Å². The maximum absolute atomic E-state index is 8.61. The van der Waals surface area contributed by atoms with Gasteiger partial charge in [0.2, 0.25) is 0 Å². The topological polar surface area (TPSA) is 265 Å². The van der Waals surface area contributed by atoms with Crippen molar-refractivity contribution in [1.29, 1.82) is 0 Å². The van der Waals surface area contributed by atoms with Gasteiger partial charge in [0.15, 0.2) is 0 Å². The summed E-state index contributed by atoms with van der Waals surface area (Å²) in [6.07, 6.45) is 19.2. The van der Waals surface area contributed by atoms with Gasteiger partial charge in [-0.3, -0.25) is 4.79 Å². The van der Waals surface area contributed by atoms with E-state index in [0.717, 1.165) is 52.4 Å². The van der Waals surface area contributed by atoms with Gasteiger partial charge >= 0.3 is 0 Å². The van der Waals surface area contributed by atoms with Gasteiger partial charge in [-0.25, -0.2) is 0 Å². The predicted molar refractivity (Wildman–Crippen MR) is 215 cm³/mol. The predicted octanol–water partition coefficient (Wildman–Crippen LogP) is 3.59. The SMILES string of the molecule is C=O.C=O.C=O.C=O.C=O.C=O.C=O.C=O.C=O.C=O.C=O.C=O.C=O.CCCN(CC)CCOCCOCCCCCCCCCCCCCCC=[OH+]. The van der Waals surface area contributed by atoms with Crippen LogP contribution in [0.25, 0.3) is 0 Å². The van der Waals surface area contributed by atoms with Crippen LogP contribution in [0.4, 0.5) is 0 Å². The van der Waals surface area contributed by atoms with E-state index < -0.39 is 0 Å². The first-order chi connectivity index (χ1) is 26.8. The van der Waals surface area contributed by atoms with Crippen LogP contribution in [-0.2, 0) is 71.8 Å². The molecule has 0 aromatic carbocycles. The van der Waals surface area contributed by atoms with Crippen LogP contribution in [0.1, 0.15) is 104 Å². The highest BCUT2D eigenvalue weighted by Crippen LogP contribution is 2.12. The Kier molecular flexibility index (Phi) is 372. The standard InChI is InChI=1S/C24H49NO3.13CH2O/c1-3-18-25(4-2)19-22-28-24-23-27-21-17-15-13-11-9-7-5-6-8-10-12-14-16-20-26;13*1-2/h20H,3-19,21-24H2,1-2H3;13*1H2/p+1. The van der Waals surface area contributed by atoms with E-state index in [1.54, 1.807) is 0 Å². The molecule has 0 aliphatic carbocycles. The van der Waals surface area contributed by atoms with Crippen LogP contribution < -0.4 is 0 Å². The number of rotatable bonds is 24. The van der Waals surface area contributed by atoms with Gasteiger partial charge in [0, 0.05) is 13.2 Å². The Balaban J connectivity index is -0.0000000429. The van der Waals surface area contributed by atoms with Crippen LogP contribution in [-0.4, -0.2) is 150 Å². The molecule has 0 saturated carbocycles. The molecule has 0 aromatic heterocycles. The lowest BCUT2D eigenvalue weighted by atomic mass is 10.0. The smallest absolute Gasteiger partial charge is 0.281 e. The van der Waals surface area contributed by atoms with Crippen molar-refractivity contribution in [3.8, 4) is 0 Å². The van der Waals surface area contributed by atoms with E-state index in [1.807, 2.05) is 88.3 Å². The molecule has 0 rings (SSSR count). The number of unbranched alkanes of at least 4 members (excludes halogenated alkanes) is 12. The number of nitrogens with zero attached hydrogens (tertiary/aromatic N) is 1. The number of carbonyl (C=O) groups excluding carboxylic acids is 14. The monoisotopic (exact) mass is 791 g/mol. The van der Waals surface area contributed by atoms with Crippen molar-refractivity contribution in [3.63, 3.8) is 0 Å². The van der Waals surface area contributed by atoms with Gasteiger partial charge in [-0.2, -0.15) is 0 Å². The fourth-order valence-electron chi connectivity index (χ4n) is 3.47. The van der Waals surface area contributed by atoms with E-state index in [9.17, 15) is 0 Å². The molecule has 0 aromatic rings. The molecular weight excluding hydrogens is 714 g/mol. The minimum atomic E-state index is 0.726. The van der Waals surface area contributed by atoms with E-state index in [2.05, 4.69) is 18.7 Å². The summed E-state index contributed by atoms with van der Waals surface area (Å²) in [6, 6.07) is 0. The van der Waals surface area contributed by atoms with Crippen LogP contribution >= 0.6 is 0 Å². The zero-order valence-corrected chi connectivity index (χ0v) is 33.6. The highest BCUT2D eigenvalue weighted by molar-refractivity contribution is 5.50. The second-order valence-electron chi connectivity index (χ2n) is 7.87. The van der Waals surface area contributed by atoms with Crippen molar-refractivity contribution in [2.24, 2.45) is 0 Å². The Morgan fingerprint density at radius 2 is 0.630 bits per heavy atom. The van der Waals surface area contributed by atoms with E-state index in [-0.39, 0.29) is 0 Å². The van der Waals surface area contributed by atoms with Gasteiger partial charge in [-0.15, -0.1) is 0 Å². The minimum absolute atomic E-state index is 0.726. The third-order valence-corrected chi connectivity index (χ3v) is 5.28. The van der Waals surface area contributed by atoms with E-state index in [0.29, 0.717) is 0 Å². The lowest BCUT2D eigenvalue weighted by molar-refractivity contribution is -0.0987. The number of hydrogen-bond donors (Lipinski definition) is 0. The van der Waals surface area contributed by atoms with Gasteiger partial charge < -0.3 is 76.7 Å². The molecule has 54 heavy (non-hydrogen) atoms. The molecule has 0 amide bonds. The second-order valence-corrected chi connectivity index (χ2v) is 7.87. The first-order valence-electron chi connectivity index (χ1n) is 15.9. The van der Waals surface area contributed by atoms with Crippen LogP contribution in [0, 0.1) is 0 Å². The Labute approximate surface area is 325 Å². The van der Waals surface area contributed by atoms with Gasteiger partial charge in [0.1, 0.15) is 88.3 Å². The average Bonchev–Trinajstić information content (AvgIpc) is 3.31. The maximum atomic E-state index is 8.61. The first-order valence-corrected chi connectivity index (χ1v) is 15.9. The number of likely N-dealkylation sites (N-methyl/N-ethyl adjacent to an activating group) is 1. The lowest BCUT2D eigenvalue weighted by Crippen LogP contribution is -2.28. The van der Waals surface area contributed by atoms with Crippen molar-refractivity contribution in [3.05, 3.63) is 0 Å². The van der Waals surface area contributed by atoms with Crippen molar-refractivity contribution >= 4 is 94.5 Å². The van der Waals surface area contributed by atoms with E-state index in [4.69, 9.17) is 76.6 Å². The highest BCUT2D eigenvalue weighted by Gasteiger charge is 2.00. The summed E-state index contributed by atoms with van der Waals surface area (Å²) in [6.45, 7) is 36.9. The Hall–Kier alpha value is -4.74. The molecule has 324 valence electrons. The Bertz CT molecular complexity index is 457. The van der Waals surface area contributed by atoms with Crippen molar-refractivity contribution in [1.82, 2.24) is 4.90 Å². The second kappa shape index (κ2) is 218. The lowest BCUT2D eigenvalue weighted by Gasteiger charge is -2.19. The third kappa shape index (κ3) is 204. The number of ether oxygens (including phenoxy) is 2. The molecule has 0 unspecified atom stereocenters. The minimum Gasteiger partial charge on any atom is -0.379 e. The summed E-state index contributed by atoms with van der Waals surface area (Å²) in [5, 5.41) is 0. The Morgan fingerprint density at radius 1 is 0.370 bits per heavy atom. The van der Waals surface area contributed by atoms with Crippen molar-refractivity contribution in [2.75, 3.05) is 46.1 Å². The van der Waals surface area contributed by atoms with Crippen molar-refractivity contribution in [2.45, 2.75) is 104 Å². The van der Waals surface area contributed by atoms with Crippen LogP contribution in [0.3, 0.4) is 0 Å². The number of hydrogen-bond acceptors (Lipinski definition) is 16. The molecule has 0 fully saturated rings. The molecular formula is C37H76NO16+. The average molecular weight is 791 g/mol. The molecule has 0 atom stereocenters. The highest BCUT2D eigenvalue weighted by atomic mass is 16.5. The quantitative estimate of drug-likeness (QED) is 0.0768. The maximum Gasteiger partial charge on any atom is 0.281 e. The third-order valence-electron chi connectivity index (χ3n) is 5.28. The van der Waals surface area contributed by atoms with Gasteiger partial charge in [0.25, 0.3) is 6.29 Å². The summed E-state index contributed by atoms with van der Waals surface area (Å²) in [4.78, 5) is 115. The van der Waals surface area contributed by atoms with Gasteiger partial charge in [-0.05, 0) is 32.4 Å². The summed E-state index contributed by atoms with van der Waals surface area (Å²) in [5.41, 5.74) is 0. The van der Waals surface area contributed by atoms with Crippen LogP contribution in [0.2, 0.25) is 0 Å². The molecule has 17 heteroatoms. The number of carbonyl (C=O) groups is 13. The molecule has 0 bridgehead atoms.